The number of halogens is 2. The van der Waals surface area contributed by atoms with E-state index in [9.17, 15) is 9.18 Å². The molecule has 3 heteroatoms. The Bertz CT molecular complexity index is 627. The van der Waals surface area contributed by atoms with Gasteiger partial charge in [-0.05, 0) is 36.8 Å². The maximum Gasteiger partial charge on any atom is 0.186 e. The van der Waals surface area contributed by atoms with Crippen molar-refractivity contribution in [2.24, 2.45) is 0 Å². The van der Waals surface area contributed by atoms with Crippen molar-refractivity contribution < 1.29 is 9.18 Å². The van der Waals surface area contributed by atoms with E-state index in [-0.39, 0.29) is 16.4 Å². The zero-order valence-electron chi connectivity index (χ0n) is 10.4. The lowest BCUT2D eigenvalue weighted by molar-refractivity contribution is 0.104. The molecule has 0 unspecified atom stereocenters. The molecule has 0 amide bonds. The molecule has 0 aliphatic rings. The van der Waals surface area contributed by atoms with Crippen LogP contribution in [-0.2, 0) is 0 Å². The van der Waals surface area contributed by atoms with Gasteiger partial charge in [0.1, 0.15) is 5.82 Å². The number of carbonyl (C=O) groups excluding carboxylic acids is 1. The molecule has 0 aliphatic heterocycles. The fourth-order valence-corrected chi connectivity index (χ4v) is 1.99. The van der Waals surface area contributed by atoms with Crippen molar-refractivity contribution >= 4 is 23.5 Å². The molecule has 0 aromatic heterocycles. The number of rotatable bonds is 3. The van der Waals surface area contributed by atoms with Gasteiger partial charge in [0, 0.05) is 11.1 Å². The Kier molecular flexibility index (Phi) is 4.13. The Balaban J connectivity index is 2.29. The number of carbonyl (C=O) groups is 1. The van der Waals surface area contributed by atoms with Crippen LogP contribution in [0.5, 0.6) is 0 Å². The van der Waals surface area contributed by atoms with Gasteiger partial charge < -0.3 is 0 Å². The van der Waals surface area contributed by atoms with Crippen molar-refractivity contribution in [1.82, 2.24) is 0 Å². The van der Waals surface area contributed by atoms with Crippen molar-refractivity contribution in [1.29, 1.82) is 0 Å². The van der Waals surface area contributed by atoms with Crippen molar-refractivity contribution in [3.05, 3.63) is 76.1 Å². The first kappa shape index (κ1) is 13.5. The summed E-state index contributed by atoms with van der Waals surface area (Å²) in [6.45, 7) is 1.86. The number of aryl methyl sites for hydroxylation is 1. The second kappa shape index (κ2) is 5.81. The van der Waals surface area contributed by atoms with Crippen LogP contribution in [0.4, 0.5) is 4.39 Å². The quantitative estimate of drug-likeness (QED) is 0.586. The molecule has 2 aromatic carbocycles. The predicted molar refractivity (Wildman–Crippen MR) is 76.0 cm³/mol. The van der Waals surface area contributed by atoms with Crippen molar-refractivity contribution in [3.8, 4) is 0 Å². The number of allylic oxidation sites excluding steroid dienone is 1. The molecule has 19 heavy (non-hydrogen) atoms. The van der Waals surface area contributed by atoms with Gasteiger partial charge in [0.2, 0.25) is 0 Å². The molecule has 96 valence electrons. The lowest BCUT2D eigenvalue weighted by Gasteiger charge is -2.01. The third-order valence-corrected chi connectivity index (χ3v) is 3.14. The Morgan fingerprint density at radius 1 is 1.16 bits per heavy atom. The molecule has 0 aliphatic carbocycles. The topological polar surface area (TPSA) is 17.1 Å². The van der Waals surface area contributed by atoms with Crippen LogP contribution in [0.25, 0.3) is 6.08 Å². The molecule has 0 atom stereocenters. The van der Waals surface area contributed by atoms with E-state index in [0.29, 0.717) is 5.56 Å². The molecule has 0 saturated heterocycles. The minimum Gasteiger partial charge on any atom is -0.289 e. The van der Waals surface area contributed by atoms with E-state index >= 15 is 0 Å². The monoisotopic (exact) mass is 274 g/mol. The molecule has 0 radical (unpaired) electrons. The number of hydrogen-bond acceptors (Lipinski definition) is 1. The van der Waals surface area contributed by atoms with Gasteiger partial charge in [0.05, 0.1) is 5.02 Å². The summed E-state index contributed by atoms with van der Waals surface area (Å²) in [6, 6.07) is 11.7. The first-order chi connectivity index (χ1) is 9.09. The fourth-order valence-electron chi connectivity index (χ4n) is 1.77. The summed E-state index contributed by atoms with van der Waals surface area (Å²) in [6.07, 6.45) is 2.75. The molecule has 1 nitrogen and oxygen atoms in total. The van der Waals surface area contributed by atoms with Crippen LogP contribution < -0.4 is 0 Å². The van der Waals surface area contributed by atoms with E-state index in [1.807, 2.05) is 19.1 Å². The third-order valence-electron chi connectivity index (χ3n) is 2.81. The highest BCUT2D eigenvalue weighted by Crippen LogP contribution is 2.20. The van der Waals surface area contributed by atoms with E-state index in [0.717, 1.165) is 5.56 Å². The SMILES string of the molecule is Cc1ccccc1C(=O)/C=C/c1c(F)cccc1Cl. The Hall–Kier alpha value is -1.93. The van der Waals surface area contributed by atoms with Crippen LogP contribution in [0.2, 0.25) is 5.02 Å². The molecular formula is C16H12ClFO. The molecule has 0 N–H and O–H groups in total. The molecule has 0 fully saturated rings. The summed E-state index contributed by atoms with van der Waals surface area (Å²) in [7, 11) is 0. The molecule has 2 aromatic rings. The van der Waals surface area contributed by atoms with E-state index < -0.39 is 5.82 Å². The lowest BCUT2D eigenvalue weighted by Crippen LogP contribution is -1.97. The van der Waals surface area contributed by atoms with Crippen LogP contribution in [0.3, 0.4) is 0 Å². The Labute approximate surface area is 116 Å². The zero-order valence-corrected chi connectivity index (χ0v) is 11.1. The second-order valence-electron chi connectivity index (χ2n) is 4.15. The van der Waals surface area contributed by atoms with Crippen LogP contribution in [0.1, 0.15) is 21.5 Å². The van der Waals surface area contributed by atoms with Gasteiger partial charge in [-0.3, -0.25) is 4.79 Å². The van der Waals surface area contributed by atoms with E-state index in [2.05, 4.69) is 0 Å². The maximum absolute atomic E-state index is 13.5. The Morgan fingerprint density at radius 2 is 1.89 bits per heavy atom. The number of benzene rings is 2. The molecule has 0 spiro atoms. The smallest absolute Gasteiger partial charge is 0.186 e. The molecule has 0 heterocycles. The summed E-state index contributed by atoms with van der Waals surface area (Å²) >= 11 is 5.89. The number of hydrogen-bond donors (Lipinski definition) is 0. The van der Waals surface area contributed by atoms with Gasteiger partial charge in [-0.2, -0.15) is 0 Å². The van der Waals surface area contributed by atoms with E-state index in [4.69, 9.17) is 11.6 Å². The van der Waals surface area contributed by atoms with Crippen LogP contribution >= 0.6 is 11.6 Å². The summed E-state index contributed by atoms with van der Waals surface area (Å²) < 4.78 is 13.5. The van der Waals surface area contributed by atoms with Gasteiger partial charge in [0.15, 0.2) is 5.78 Å². The van der Waals surface area contributed by atoms with Gasteiger partial charge in [0.25, 0.3) is 0 Å². The highest BCUT2D eigenvalue weighted by atomic mass is 35.5. The molecular weight excluding hydrogens is 263 g/mol. The highest BCUT2D eigenvalue weighted by Gasteiger charge is 2.07. The van der Waals surface area contributed by atoms with Crippen LogP contribution in [-0.4, -0.2) is 5.78 Å². The minimum atomic E-state index is -0.443. The summed E-state index contributed by atoms with van der Waals surface area (Å²) in [5.41, 5.74) is 1.72. The summed E-state index contributed by atoms with van der Waals surface area (Å²) in [4.78, 5) is 12.0. The normalized spacial score (nSPS) is 10.9. The first-order valence-electron chi connectivity index (χ1n) is 5.81. The van der Waals surface area contributed by atoms with E-state index in [1.165, 1.54) is 24.3 Å². The number of ketones is 1. The summed E-state index contributed by atoms with van der Waals surface area (Å²) in [5, 5.41) is 0.286. The van der Waals surface area contributed by atoms with Gasteiger partial charge in [-0.1, -0.05) is 41.9 Å². The largest absolute Gasteiger partial charge is 0.289 e. The first-order valence-corrected chi connectivity index (χ1v) is 6.19. The molecule has 0 saturated carbocycles. The van der Waals surface area contributed by atoms with Gasteiger partial charge in [-0.15, -0.1) is 0 Å². The zero-order chi connectivity index (χ0) is 13.8. The van der Waals surface area contributed by atoms with Crippen molar-refractivity contribution in [2.75, 3.05) is 0 Å². The average Bonchev–Trinajstić information content (AvgIpc) is 2.38. The molecule has 2 rings (SSSR count). The van der Waals surface area contributed by atoms with Crippen LogP contribution in [0.15, 0.2) is 48.5 Å². The van der Waals surface area contributed by atoms with Crippen molar-refractivity contribution in [2.45, 2.75) is 6.92 Å². The Morgan fingerprint density at radius 3 is 2.58 bits per heavy atom. The van der Waals surface area contributed by atoms with Crippen molar-refractivity contribution in [3.63, 3.8) is 0 Å². The van der Waals surface area contributed by atoms with E-state index in [1.54, 1.807) is 18.2 Å². The second-order valence-corrected chi connectivity index (χ2v) is 4.56. The standard InChI is InChI=1S/C16H12ClFO/c1-11-5-2-3-6-12(11)16(19)10-9-13-14(17)7-4-8-15(13)18/h2-10H,1H3/b10-9+. The third kappa shape index (κ3) is 3.09. The summed E-state index contributed by atoms with van der Waals surface area (Å²) in [5.74, 6) is -0.612. The average molecular weight is 275 g/mol. The maximum atomic E-state index is 13.5. The minimum absolute atomic E-state index is 0.169. The van der Waals surface area contributed by atoms with Gasteiger partial charge in [-0.25, -0.2) is 4.39 Å². The lowest BCUT2D eigenvalue weighted by atomic mass is 10.0. The highest BCUT2D eigenvalue weighted by molar-refractivity contribution is 6.32. The van der Waals surface area contributed by atoms with Gasteiger partial charge >= 0.3 is 0 Å². The predicted octanol–water partition coefficient (Wildman–Crippen LogP) is 4.68. The molecule has 0 bridgehead atoms. The van der Waals surface area contributed by atoms with Crippen LogP contribution in [0, 0.1) is 12.7 Å². The fraction of sp³-hybridized carbons (Fsp3) is 0.0625.